The summed E-state index contributed by atoms with van der Waals surface area (Å²) in [4.78, 5) is 11.0. The SMILES string of the molecule is CO[C@H]1C[C@@H](CNCc2cnn(CC(C)C)c2)N(c2cc(C)ncn2)C1. The van der Waals surface area contributed by atoms with Crippen LogP contribution in [0.2, 0.25) is 0 Å². The topological polar surface area (TPSA) is 68.1 Å². The molecule has 26 heavy (non-hydrogen) atoms. The second kappa shape index (κ2) is 8.60. The van der Waals surface area contributed by atoms with Gasteiger partial charge in [-0.15, -0.1) is 0 Å². The van der Waals surface area contributed by atoms with Crippen LogP contribution >= 0.6 is 0 Å². The Kier molecular flexibility index (Phi) is 6.21. The molecule has 1 aliphatic heterocycles. The van der Waals surface area contributed by atoms with E-state index in [4.69, 9.17) is 4.74 Å². The first-order valence-corrected chi connectivity index (χ1v) is 9.35. The van der Waals surface area contributed by atoms with E-state index in [0.717, 1.165) is 44.1 Å². The molecule has 0 unspecified atom stereocenters. The third kappa shape index (κ3) is 4.80. The Morgan fingerprint density at radius 3 is 2.92 bits per heavy atom. The van der Waals surface area contributed by atoms with Crippen LogP contribution in [0, 0.1) is 12.8 Å². The van der Waals surface area contributed by atoms with Gasteiger partial charge in [-0.1, -0.05) is 13.8 Å². The maximum atomic E-state index is 5.60. The Labute approximate surface area is 155 Å². The lowest BCUT2D eigenvalue weighted by Gasteiger charge is -2.25. The molecule has 1 saturated heterocycles. The van der Waals surface area contributed by atoms with E-state index in [0.29, 0.717) is 12.0 Å². The summed E-state index contributed by atoms with van der Waals surface area (Å²) >= 11 is 0. The Bertz CT molecular complexity index is 701. The quantitative estimate of drug-likeness (QED) is 0.779. The third-order valence-corrected chi connectivity index (χ3v) is 4.74. The van der Waals surface area contributed by atoms with Crippen LogP contribution in [-0.2, 0) is 17.8 Å². The van der Waals surface area contributed by atoms with E-state index in [1.54, 1.807) is 13.4 Å². The van der Waals surface area contributed by atoms with Crippen molar-refractivity contribution < 1.29 is 4.74 Å². The molecule has 2 aromatic heterocycles. The first-order valence-electron chi connectivity index (χ1n) is 9.35. The second-order valence-corrected chi connectivity index (χ2v) is 7.51. The molecule has 0 saturated carbocycles. The zero-order valence-corrected chi connectivity index (χ0v) is 16.2. The summed E-state index contributed by atoms with van der Waals surface area (Å²) in [6.07, 6.45) is 6.96. The van der Waals surface area contributed by atoms with Crippen molar-refractivity contribution in [3.8, 4) is 0 Å². The molecule has 2 atom stereocenters. The Balaban J connectivity index is 1.57. The van der Waals surface area contributed by atoms with E-state index < -0.39 is 0 Å². The number of methoxy groups -OCH3 is 1. The molecule has 7 nitrogen and oxygen atoms in total. The maximum Gasteiger partial charge on any atom is 0.132 e. The number of hydrogen-bond acceptors (Lipinski definition) is 6. The maximum absolute atomic E-state index is 5.60. The van der Waals surface area contributed by atoms with Crippen LogP contribution in [0.4, 0.5) is 5.82 Å². The molecule has 0 amide bonds. The fourth-order valence-electron chi connectivity index (χ4n) is 3.47. The highest BCUT2D eigenvalue weighted by Gasteiger charge is 2.32. The first kappa shape index (κ1) is 18.8. The smallest absolute Gasteiger partial charge is 0.132 e. The van der Waals surface area contributed by atoms with Gasteiger partial charge in [-0.25, -0.2) is 9.97 Å². The molecular weight excluding hydrogens is 328 g/mol. The predicted octanol–water partition coefficient (Wildman–Crippen LogP) is 2.02. The highest BCUT2D eigenvalue weighted by molar-refractivity contribution is 5.42. The molecule has 0 bridgehead atoms. The molecule has 3 rings (SSSR count). The number of aromatic nitrogens is 4. The summed E-state index contributed by atoms with van der Waals surface area (Å²) in [5, 5.41) is 8.01. The molecule has 0 aliphatic carbocycles. The molecule has 0 radical (unpaired) electrons. The van der Waals surface area contributed by atoms with E-state index in [2.05, 4.69) is 45.3 Å². The molecule has 7 heteroatoms. The molecule has 2 aromatic rings. The molecule has 142 valence electrons. The fourth-order valence-corrected chi connectivity index (χ4v) is 3.47. The number of aryl methyl sites for hydroxylation is 1. The number of anilines is 1. The number of nitrogens with one attached hydrogen (secondary N) is 1. The number of rotatable bonds is 8. The number of hydrogen-bond donors (Lipinski definition) is 1. The largest absolute Gasteiger partial charge is 0.380 e. The standard InChI is InChI=1S/C19H30N6O/c1-14(2)10-24-11-16(8-23-24)7-20-9-17-6-18(26-4)12-25(17)19-5-15(3)21-13-22-19/h5,8,11,13-14,17-18,20H,6-7,9-10,12H2,1-4H3/t17-,18-/m0/s1. The van der Waals surface area contributed by atoms with E-state index >= 15 is 0 Å². The van der Waals surface area contributed by atoms with Gasteiger partial charge in [0, 0.05) is 62.9 Å². The van der Waals surface area contributed by atoms with Crippen molar-refractivity contribution in [2.45, 2.75) is 52.4 Å². The first-order chi connectivity index (χ1) is 12.5. The van der Waals surface area contributed by atoms with Gasteiger partial charge in [0.05, 0.1) is 12.3 Å². The van der Waals surface area contributed by atoms with Crippen molar-refractivity contribution in [2.24, 2.45) is 5.92 Å². The Morgan fingerprint density at radius 2 is 2.19 bits per heavy atom. The van der Waals surface area contributed by atoms with Gasteiger partial charge in [0.25, 0.3) is 0 Å². The van der Waals surface area contributed by atoms with Crippen LogP contribution in [0.15, 0.2) is 24.8 Å². The van der Waals surface area contributed by atoms with Crippen LogP contribution in [0.1, 0.15) is 31.5 Å². The summed E-state index contributed by atoms with van der Waals surface area (Å²) in [6, 6.07) is 2.40. The van der Waals surface area contributed by atoms with Crippen molar-refractivity contribution in [2.75, 3.05) is 25.1 Å². The fraction of sp³-hybridized carbons (Fsp3) is 0.632. The second-order valence-electron chi connectivity index (χ2n) is 7.51. The lowest BCUT2D eigenvalue weighted by atomic mass is 10.2. The zero-order chi connectivity index (χ0) is 18.5. The minimum absolute atomic E-state index is 0.242. The summed E-state index contributed by atoms with van der Waals surface area (Å²) in [7, 11) is 1.78. The monoisotopic (exact) mass is 358 g/mol. The minimum Gasteiger partial charge on any atom is -0.380 e. The van der Waals surface area contributed by atoms with Crippen molar-refractivity contribution >= 4 is 5.82 Å². The van der Waals surface area contributed by atoms with Crippen LogP contribution in [0.3, 0.4) is 0 Å². The van der Waals surface area contributed by atoms with Crippen molar-refractivity contribution in [1.82, 2.24) is 25.1 Å². The average Bonchev–Trinajstić information content (AvgIpc) is 3.21. The van der Waals surface area contributed by atoms with Crippen molar-refractivity contribution in [3.63, 3.8) is 0 Å². The van der Waals surface area contributed by atoms with Gasteiger partial charge >= 0.3 is 0 Å². The molecule has 1 aliphatic rings. The van der Waals surface area contributed by atoms with E-state index in [1.807, 2.05) is 23.9 Å². The van der Waals surface area contributed by atoms with Crippen molar-refractivity contribution in [1.29, 1.82) is 0 Å². The van der Waals surface area contributed by atoms with Gasteiger partial charge in [0.15, 0.2) is 0 Å². The van der Waals surface area contributed by atoms with Crippen LogP contribution in [0.25, 0.3) is 0 Å². The third-order valence-electron chi connectivity index (χ3n) is 4.74. The van der Waals surface area contributed by atoms with E-state index in [-0.39, 0.29) is 6.10 Å². The zero-order valence-electron chi connectivity index (χ0n) is 16.2. The van der Waals surface area contributed by atoms with Gasteiger partial charge in [-0.3, -0.25) is 4.68 Å². The highest BCUT2D eigenvalue weighted by atomic mass is 16.5. The number of ether oxygens (including phenoxy) is 1. The van der Waals surface area contributed by atoms with Crippen molar-refractivity contribution in [3.05, 3.63) is 36.0 Å². The van der Waals surface area contributed by atoms with E-state index in [1.165, 1.54) is 5.56 Å². The van der Waals surface area contributed by atoms with Gasteiger partial charge < -0.3 is 15.0 Å². The summed E-state index contributed by atoms with van der Waals surface area (Å²) in [6.45, 7) is 9.94. The molecule has 1 N–H and O–H groups in total. The van der Waals surface area contributed by atoms with E-state index in [9.17, 15) is 0 Å². The van der Waals surface area contributed by atoms with Gasteiger partial charge in [-0.2, -0.15) is 5.10 Å². The predicted molar refractivity (Wildman–Crippen MR) is 102 cm³/mol. The van der Waals surface area contributed by atoms with Crippen LogP contribution in [0.5, 0.6) is 0 Å². The lowest BCUT2D eigenvalue weighted by molar-refractivity contribution is 0.118. The lowest BCUT2D eigenvalue weighted by Crippen LogP contribution is -2.38. The minimum atomic E-state index is 0.242. The number of nitrogens with zero attached hydrogens (tertiary/aromatic N) is 5. The molecule has 1 fully saturated rings. The Hall–Kier alpha value is -1.99. The summed E-state index contributed by atoms with van der Waals surface area (Å²) < 4.78 is 7.62. The van der Waals surface area contributed by atoms with Crippen LogP contribution < -0.4 is 10.2 Å². The molecule has 0 aromatic carbocycles. The Morgan fingerprint density at radius 1 is 1.35 bits per heavy atom. The molecule has 3 heterocycles. The summed E-state index contributed by atoms with van der Waals surface area (Å²) in [5.74, 6) is 1.58. The van der Waals surface area contributed by atoms with Gasteiger partial charge in [-0.05, 0) is 19.3 Å². The normalized spacial score (nSPS) is 20.3. The molecule has 0 spiro atoms. The van der Waals surface area contributed by atoms with Gasteiger partial charge in [0.1, 0.15) is 12.1 Å². The average molecular weight is 358 g/mol. The molecular formula is C19H30N6O. The van der Waals surface area contributed by atoms with Gasteiger partial charge in [0.2, 0.25) is 0 Å². The van der Waals surface area contributed by atoms with Crippen LogP contribution in [-0.4, -0.2) is 52.1 Å². The highest BCUT2D eigenvalue weighted by Crippen LogP contribution is 2.25. The summed E-state index contributed by atoms with van der Waals surface area (Å²) in [5.41, 5.74) is 2.21.